The van der Waals surface area contributed by atoms with E-state index in [-0.39, 0.29) is 5.56 Å². The lowest BCUT2D eigenvalue weighted by Crippen LogP contribution is -2.19. The third-order valence-electron chi connectivity index (χ3n) is 4.33. The van der Waals surface area contributed by atoms with Crippen molar-refractivity contribution in [1.29, 1.82) is 0 Å². The zero-order chi connectivity index (χ0) is 15.3. The number of H-pyrrole nitrogens is 1. The van der Waals surface area contributed by atoms with Crippen LogP contribution in [0.3, 0.4) is 0 Å². The van der Waals surface area contributed by atoms with Crippen LogP contribution in [0.2, 0.25) is 5.02 Å². The minimum absolute atomic E-state index is 0.0732. The van der Waals surface area contributed by atoms with Gasteiger partial charge in [0, 0.05) is 35.6 Å². The largest absolute Gasteiger partial charge is 0.373 e. The molecule has 1 aliphatic rings. The number of halogens is 1. The number of benzene rings is 2. The normalized spacial score (nSPS) is 13.6. The molecule has 2 heterocycles. The van der Waals surface area contributed by atoms with E-state index in [4.69, 9.17) is 11.6 Å². The van der Waals surface area contributed by atoms with E-state index in [0.29, 0.717) is 0 Å². The maximum absolute atomic E-state index is 11.6. The molecule has 0 fully saturated rings. The molecule has 110 valence electrons. The molecular formula is C18H15ClN2O. The second-order valence-corrected chi connectivity index (χ2v) is 6.16. The van der Waals surface area contributed by atoms with Crippen molar-refractivity contribution >= 4 is 28.2 Å². The Hall–Kier alpha value is -2.26. The molecule has 1 aromatic heterocycles. The minimum Gasteiger partial charge on any atom is -0.373 e. The van der Waals surface area contributed by atoms with Gasteiger partial charge in [0.05, 0.1) is 11.2 Å². The van der Waals surface area contributed by atoms with E-state index in [1.165, 1.54) is 16.7 Å². The van der Waals surface area contributed by atoms with E-state index in [1.54, 1.807) is 6.07 Å². The van der Waals surface area contributed by atoms with Crippen molar-refractivity contribution in [2.75, 3.05) is 18.5 Å². The highest BCUT2D eigenvalue weighted by molar-refractivity contribution is 6.30. The zero-order valence-electron chi connectivity index (χ0n) is 12.2. The number of hydrogen-bond acceptors (Lipinski definition) is 2. The molecule has 0 aliphatic carbocycles. The Morgan fingerprint density at radius 1 is 1.09 bits per heavy atom. The molecule has 0 bridgehead atoms. The highest BCUT2D eigenvalue weighted by Gasteiger charge is 2.20. The lowest BCUT2D eigenvalue weighted by Gasteiger charge is -2.21. The van der Waals surface area contributed by atoms with Crippen molar-refractivity contribution in [3.8, 4) is 11.1 Å². The summed E-state index contributed by atoms with van der Waals surface area (Å²) in [5.74, 6) is 0. The summed E-state index contributed by atoms with van der Waals surface area (Å²) in [5, 5.41) is 1.84. The Morgan fingerprint density at radius 2 is 1.91 bits per heavy atom. The number of anilines is 1. The summed E-state index contributed by atoms with van der Waals surface area (Å²) < 4.78 is 0. The van der Waals surface area contributed by atoms with Gasteiger partial charge in [0.2, 0.25) is 5.56 Å². The van der Waals surface area contributed by atoms with Crippen LogP contribution in [0.1, 0.15) is 5.56 Å². The van der Waals surface area contributed by atoms with Crippen molar-refractivity contribution in [2.45, 2.75) is 6.42 Å². The number of rotatable bonds is 0. The molecule has 0 atom stereocenters. The van der Waals surface area contributed by atoms with Crippen LogP contribution in [-0.4, -0.2) is 18.6 Å². The number of aromatic nitrogens is 1. The summed E-state index contributed by atoms with van der Waals surface area (Å²) in [6.45, 7) is 0.915. The van der Waals surface area contributed by atoms with Gasteiger partial charge in [0.25, 0.3) is 0 Å². The second-order valence-electron chi connectivity index (χ2n) is 5.72. The first kappa shape index (κ1) is 13.4. The first-order valence-corrected chi connectivity index (χ1v) is 7.67. The van der Waals surface area contributed by atoms with Crippen molar-refractivity contribution in [1.82, 2.24) is 4.98 Å². The summed E-state index contributed by atoms with van der Waals surface area (Å²) >= 11 is 6.15. The number of nitrogens with one attached hydrogen (secondary N) is 1. The van der Waals surface area contributed by atoms with Gasteiger partial charge in [-0.15, -0.1) is 0 Å². The van der Waals surface area contributed by atoms with Crippen molar-refractivity contribution in [3.05, 3.63) is 63.4 Å². The molecule has 22 heavy (non-hydrogen) atoms. The molecule has 3 nitrogen and oxygen atoms in total. The fourth-order valence-corrected chi connectivity index (χ4v) is 3.47. The number of hydrogen-bond donors (Lipinski definition) is 1. The fourth-order valence-electron chi connectivity index (χ4n) is 3.28. The maximum atomic E-state index is 11.6. The molecule has 4 rings (SSSR count). The SMILES string of the molecule is CN1CCc2cc(Cl)ccc2-c2ccc3[nH]c(=O)ccc3c21. The summed E-state index contributed by atoms with van der Waals surface area (Å²) in [6.07, 6.45) is 0.950. The first-order chi connectivity index (χ1) is 10.6. The molecular weight excluding hydrogens is 296 g/mol. The number of aromatic amines is 1. The Bertz CT molecular complexity index is 945. The van der Waals surface area contributed by atoms with Crippen LogP contribution in [0.4, 0.5) is 5.69 Å². The van der Waals surface area contributed by atoms with Gasteiger partial charge in [-0.1, -0.05) is 23.7 Å². The third kappa shape index (κ3) is 2.01. The lowest BCUT2D eigenvalue weighted by molar-refractivity contribution is 0.892. The summed E-state index contributed by atoms with van der Waals surface area (Å²) in [5.41, 5.74) is 5.63. The summed E-state index contributed by atoms with van der Waals surface area (Å²) in [7, 11) is 2.09. The monoisotopic (exact) mass is 310 g/mol. The van der Waals surface area contributed by atoms with Crippen LogP contribution in [0, 0.1) is 0 Å². The van der Waals surface area contributed by atoms with E-state index in [2.05, 4.69) is 35.1 Å². The minimum atomic E-state index is -0.0732. The van der Waals surface area contributed by atoms with E-state index < -0.39 is 0 Å². The van der Waals surface area contributed by atoms with Crippen molar-refractivity contribution in [2.24, 2.45) is 0 Å². The number of likely N-dealkylation sites (N-methyl/N-ethyl adjacent to an activating group) is 1. The van der Waals surface area contributed by atoms with E-state index in [1.807, 2.05) is 18.2 Å². The van der Waals surface area contributed by atoms with Gasteiger partial charge in [0.15, 0.2) is 0 Å². The van der Waals surface area contributed by atoms with Gasteiger partial charge >= 0.3 is 0 Å². The smallest absolute Gasteiger partial charge is 0.248 e. The second kappa shape index (κ2) is 4.89. The Balaban J connectivity index is 2.09. The molecule has 1 N–H and O–H groups in total. The number of pyridine rings is 1. The lowest BCUT2D eigenvalue weighted by atomic mass is 9.96. The van der Waals surface area contributed by atoms with Crippen LogP contribution in [0.15, 0.2) is 47.3 Å². The maximum Gasteiger partial charge on any atom is 0.248 e. The predicted molar refractivity (Wildman–Crippen MR) is 92.0 cm³/mol. The van der Waals surface area contributed by atoms with E-state index in [0.717, 1.165) is 34.6 Å². The molecule has 0 radical (unpaired) electrons. The van der Waals surface area contributed by atoms with Crippen LogP contribution in [-0.2, 0) is 6.42 Å². The topological polar surface area (TPSA) is 36.1 Å². The zero-order valence-corrected chi connectivity index (χ0v) is 12.9. The quantitative estimate of drug-likeness (QED) is 0.685. The Kier molecular flexibility index (Phi) is 2.98. The molecule has 3 aromatic rings. The third-order valence-corrected chi connectivity index (χ3v) is 4.57. The Morgan fingerprint density at radius 3 is 2.77 bits per heavy atom. The molecule has 2 aromatic carbocycles. The van der Waals surface area contributed by atoms with Crippen LogP contribution in [0.5, 0.6) is 0 Å². The molecule has 0 unspecified atom stereocenters. The predicted octanol–water partition coefficient (Wildman–Crippen LogP) is 3.84. The average molecular weight is 311 g/mol. The summed E-state index contributed by atoms with van der Waals surface area (Å²) in [4.78, 5) is 16.7. The van der Waals surface area contributed by atoms with E-state index in [9.17, 15) is 4.79 Å². The highest BCUT2D eigenvalue weighted by atomic mass is 35.5. The Labute approximate surface area is 133 Å². The van der Waals surface area contributed by atoms with Gasteiger partial charge in [-0.3, -0.25) is 4.79 Å². The molecule has 0 amide bonds. The first-order valence-electron chi connectivity index (χ1n) is 7.29. The van der Waals surface area contributed by atoms with Crippen LogP contribution >= 0.6 is 11.6 Å². The van der Waals surface area contributed by atoms with Crippen molar-refractivity contribution < 1.29 is 0 Å². The molecule has 0 spiro atoms. The van der Waals surface area contributed by atoms with Crippen LogP contribution < -0.4 is 10.5 Å². The fraction of sp³-hybridized carbons (Fsp3) is 0.167. The van der Waals surface area contributed by atoms with Gasteiger partial charge in [-0.25, -0.2) is 0 Å². The molecule has 1 aliphatic heterocycles. The highest BCUT2D eigenvalue weighted by Crippen LogP contribution is 2.40. The van der Waals surface area contributed by atoms with Crippen LogP contribution in [0.25, 0.3) is 22.0 Å². The molecule has 0 saturated heterocycles. The standard InChI is InChI=1S/C18H15ClN2O/c1-21-9-8-11-10-12(19)2-3-13(11)14-4-6-16-15(18(14)21)5-7-17(22)20-16/h2-7,10H,8-9H2,1H3,(H,20,22). The van der Waals surface area contributed by atoms with Crippen molar-refractivity contribution in [3.63, 3.8) is 0 Å². The van der Waals surface area contributed by atoms with E-state index >= 15 is 0 Å². The molecule has 0 saturated carbocycles. The number of nitrogens with zero attached hydrogens (tertiary/aromatic N) is 1. The van der Waals surface area contributed by atoms with Gasteiger partial charge in [-0.05, 0) is 41.8 Å². The molecule has 4 heteroatoms. The summed E-state index contributed by atoms with van der Waals surface area (Å²) in [6, 6.07) is 13.6. The average Bonchev–Trinajstić information content (AvgIpc) is 2.64. The van der Waals surface area contributed by atoms with Gasteiger partial charge in [0.1, 0.15) is 0 Å². The number of fused-ring (bicyclic) bond motifs is 5. The van der Waals surface area contributed by atoms with Gasteiger partial charge in [-0.2, -0.15) is 0 Å². The van der Waals surface area contributed by atoms with Gasteiger partial charge < -0.3 is 9.88 Å².